The molecule has 0 unspecified atom stereocenters. The van der Waals surface area contributed by atoms with E-state index in [1.807, 2.05) is 12.3 Å². The number of aromatic nitrogens is 1. The third-order valence-electron chi connectivity index (χ3n) is 2.73. The Morgan fingerprint density at radius 3 is 2.73 bits per heavy atom. The lowest BCUT2D eigenvalue weighted by Crippen LogP contribution is -2.00. The Morgan fingerprint density at radius 2 is 2.07 bits per heavy atom. The molecule has 0 aliphatic heterocycles. The van der Waals surface area contributed by atoms with Gasteiger partial charge in [-0.05, 0) is 22.9 Å². The Kier molecular flexibility index (Phi) is 2.69. The minimum Gasteiger partial charge on any atom is -0.325 e. The maximum Gasteiger partial charge on any atom is 0.0617 e. The van der Waals surface area contributed by atoms with E-state index < -0.39 is 0 Å². The van der Waals surface area contributed by atoms with Crippen LogP contribution in [0.1, 0.15) is 31.0 Å². The fourth-order valence-electron chi connectivity index (χ4n) is 1.78. The number of nitrogens with two attached hydrogens (primary N) is 1. The molecule has 0 spiro atoms. The Morgan fingerprint density at radius 1 is 1.27 bits per heavy atom. The second kappa shape index (κ2) is 3.99. The highest BCUT2D eigenvalue weighted by atomic mass is 14.7. The molecule has 2 nitrogen and oxygen atoms in total. The molecule has 2 rings (SSSR count). The molecule has 1 aromatic heterocycles. The lowest BCUT2D eigenvalue weighted by atomic mass is 9.99. The zero-order chi connectivity index (χ0) is 10.8. The molecule has 1 heterocycles. The van der Waals surface area contributed by atoms with Crippen LogP contribution in [0.5, 0.6) is 0 Å². The summed E-state index contributed by atoms with van der Waals surface area (Å²) < 4.78 is 0. The predicted octanol–water partition coefficient (Wildman–Crippen LogP) is 2.82. The van der Waals surface area contributed by atoms with Gasteiger partial charge in [0.25, 0.3) is 0 Å². The average Bonchev–Trinajstić information content (AvgIpc) is 2.27. The van der Waals surface area contributed by atoms with Crippen LogP contribution in [0.25, 0.3) is 10.8 Å². The molecule has 0 fully saturated rings. The van der Waals surface area contributed by atoms with Gasteiger partial charge in [-0.1, -0.05) is 32.0 Å². The lowest BCUT2D eigenvalue weighted by Gasteiger charge is -2.08. The fourth-order valence-corrected chi connectivity index (χ4v) is 1.78. The average molecular weight is 200 g/mol. The Balaban J connectivity index is 2.63. The summed E-state index contributed by atoms with van der Waals surface area (Å²) in [7, 11) is 0. The summed E-state index contributed by atoms with van der Waals surface area (Å²) in [5, 5.41) is 2.40. The second-order valence-electron chi connectivity index (χ2n) is 4.10. The monoisotopic (exact) mass is 200 g/mol. The van der Waals surface area contributed by atoms with Gasteiger partial charge in [-0.2, -0.15) is 0 Å². The first-order valence-electron chi connectivity index (χ1n) is 5.30. The highest BCUT2D eigenvalue weighted by molar-refractivity contribution is 5.85. The molecule has 0 amide bonds. The molecule has 78 valence electrons. The van der Waals surface area contributed by atoms with Crippen molar-refractivity contribution in [3.05, 3.63) is 41.7 Å². The zero-order valence-corrected chi connectivity index (χ0v) is 9.20. The number of rotatable bonds is 2. The maximum atomic E-state index is 5.65. The van der Waals surface area contributed by atoms with Crippen molar-refractivity contribution in [3.63, 3.8) is 0 Å². The molecule has 0 aliphatic carbocycles. The van der Waals surface area contributed by atoms with E-state index in [4.69, 9.17) is 5.73 Å². The summed E-state index contributed by atoms with van der Waals surface area (Å²) in [6.07, 6.45) is 1.83. The Hall–Kier alpha value is -1.41. The molecule has 2 N–H and O–H groups in total. The first-order chi connectivity index (χ1) is 7.22. The van der Waals surface area contributed by atoms with E-state index in [9.17, 15) is 0 Å². The van der Waals surface area contributed by atoms with Crippen LogP contribution in [0.2, 0.25) is 0 Å². The van der Waals surface area contributed by atoms with E-state index in [0.717, 1.165) is 5.69 Å². The summed E-state index contributed by atoms with van der Waals surface area (Å²) in [5.74, 6) is 0.559. The van der Waals surface area contributed by atoms with E-state index in [2.05, 4.69) is 37.0 Å². The van der Waals surface area contributed by atoms with E-state index in [-0.39, 0.29) is 0 Å². The molecule has 15 heavy (non-hydrogen) atoms. The topological polar surface area (TPSA) is 38.9 Å². The minimum absolute atomic E-state index is 0.498. The molecule has 1 aromatic carbocycles. The predicted molar refractivity (Wildman–Crippen MR) is 63.7 cm³/mol. The zero-order valence-electron chi connectivity index (χ0n) is 9.20. The van der Waals surface area contributed by atoms with Crippen LogP contribution in [-0.2, 0) is 6.54 Å². The van der Waals surface area contributed by atoms with Gasteiger partial charge in [0.2, 0.25) is 0 Å². The van der Waals surface area contributed by atoms with Gasteiger partial charge < -0.3 is 5.73 Å². The van der Waals surface area contributed by atoms with Crippen LogP contribution < -0.4 is 5.73 Å². The highest BCUT2D eigenvalue weighted by Gasteiger charge is 2.03. The van der Waals surface area contributed by atoms with Crippen LogP contribution in [0.15, 0.2) is 30.5 Å². The first-order valence-corrected chi connectivity index (χ1v) is 5.30. The van der Waals surface area contributed by atoms with Crippen LogP contribution in [0.4, 0.5) is 0 Å². The molecular weight excluding hydrogens is 184 g/mol. The third kappa shape index (κ3) is 1.85. The number of hydrogen-bond acceptors (Lipinski definition) is 2. The van der Waals surface area contributed by atoms with E-state index >= 15 is 0 Å². The standard InChI is InChI=1S/C13H16N2/c1-9(2)10-3-4-12-11(7-10)5-6-15-13(12)8-14/h3-7,9H,8,14H2,1-2H3. The SMILES string of the molecule is CC(C)c1ccc2c(CN)nccc2c1. The van der Waals surface area contributed by atoms with Gasteiger partial charge in [0, 0.05) is 18.1 Å². The van der Waals surface area contributed by atoms with E-state index in [0.29, 0.717) is 12.5 Å². The maximum absolute atomic E-state index is 5.65. The van der Waals surface area contributed by atoms with Gasteiger partial charge >= 0.3 is 0 Å². The van der Waals surface area contributed by atoms with Crippen molar-refractivity contribution in [1.29, 1.82) is 0 Å². The summed E-state index contributed by atoms with van der Waals surface area (Å²) >= 11 is 0. The number of nitrogens with zero attached hydrogens (tertiary/aromatic N) is 1. The van der Waals surface area contributed by atoms with Crippen LogP contribution in [0, 0.1) is 0 Å². The Labute approximate surface area is 90.1 Å². The molecular formula is C13H16N2. The molecule has 2 heteroatoms. The Bertz CT molecular complexity index is 475. The fraction of sp³-hybridized carbons (Fsp3) is 0.308. The largest absolute Gasteiger partial charge is 0.325 e. The summed E-state index contributed by atoms with van der Waals surface area (Å²) in [6.45, 7) is 4.90. The molecule has 2 aromatic rings. The molecule has 0 saturated carbocycles. The third-order valence-corrected chi connectivity index (χ3v) is 2.73. The molecule has 0 aliphatic rings. The van der Waals surface area contributed by atoms with Crippen molar-refractivity contribution in [2.45, 2.75) is 26.3 Å². The van der Waals surface area contributed by atoms with Crippen molar-refractivity contribution in [3.8, 4) is 0 Å². The normalized spacial score (nSPS) is 11.2. The number of fused-ring (bicyclic) bond motifs is 1. The van der Waals surface area contributed by atoms with Gasteiger partial charge in [-0.3, -0.25) is 4.98 Å². The number of hydrogen-bond donors (Lipinski definition) is 1. The minimum atomic E-state index is 0.498. The first kappa shape index (κ1) is 10.1. The quantitative estimate of drug-likeness (QED) is 0.809. The summed E-state index contributed by atoms with van der Waals surface area (Å²) in [4.78, 5) is 4.27. The van der Waals surface area contributed by atoms with Gasteiger partial charge in [-0.15, -0.1) is 0 Å². The van der Waals surface area contributed by atoms with Crippen molar-refractivity contribution in [2.75, 3.05) is 0 Å². The molecule has 0 atom stereocenters. The van der Waals surface area contributed by atoms with E-state index in [1.54, 1.807) is 0 Å². The number of benzene rings is 1. The molecule has 0 saturated heterocycles. The van der Waals surface area contributed by atoms with Gasteiger partial charge in [0.15, 0.2) is 0 Å². The smallest absolute Gasteiger partial charge is 0.0617 e. The van der Waals surface area contributed by atoms with Crippen molar-refractivity contribution in [1.82, 2.24) is 4.98 Å². The van der Waals surface area contributed by atoms with Crippen LogP contribution in [0.3, 0.4) is 0 Å². The van der Waals surface area contributed by atoms with Crippen LogP contribution >= 0.6 is 0 Å². The second-order valence-corrected chi connectivity index (χ2v) is 4.10. The van der Waals surface area contributed by atoms with Gasteiger partial charge in [0.05, 0.1) is 5.69 Å². The summed E-state index contributed by atoms with van der Waals surface area (Å²) in [5.41, 5.74) is 7.98. The van der Waals surface area contributed by atoms with E-state index in [1.165, 1.54) is 16.3 Å². The number of pyridine rings is 1. The van der Waals surface area contributed by atoms with Crippen molar-refractivity contribution in [2.24, 2.45) is 5.73 Å². The van der Waals surface area contributed by atoms with Crippen LogP contribution in [-0.4, -0.2) is 4.98 Å². The highest BCUT2D eigenvalue weighted by Crippen LogP contribution is 2.22. The van der Waals surface area contributed by atoms with Gasteiger partial charge in [-0.25, -0.2) is 0 Å². The van der Waals surface area contributed by atoms with Crippen molar-refractivity contribution < 1.29 is 0 Å². The molecule has 0 bridgehead atoms. The summed E-state index contributed by atoms with van der Waals surface area (Å²) in [6, 6.07) is 8.55. The van der Waals surface area contributed by atoms with Crippen molar-refractivity contribution >= 4 is 10.8 Å². The van der Waals surface area contributed by atoms with Gasteiger partial charge in [0.1, 0.15) is 0 Å². The lowest BCUT2D eigenvalue weighted by molar-refractivity contribution is 0.868. The molecule has 0 radical (unpaired) electrons.